The monoisotopic (exact) mass is 780 g/mol. The normalized spacial score (nSPS) is 12.0. The van der Waals surface area contributed by atoms with Gasteiger partial charge in [-0.3, -0.25) is 0 Å². The molecule has 0 unspecified atom stereocenters. The van der Waals surface area contributed by atoms with Crippen molar-refractivity contribution in [1.82, 2.24) is 9.13 Å². The fraction of sp³-hybridized carbons (Fsp3) is 0.233. The molecule has 39 heavy (non-hydrogen) atoms. The molecule has 0 N–H and O–H groups in total. The van der Waals surface area contributed by atoms with Crippen LogP contribution in [0.25, 0.3) is 11.4 Å². The first-order valence-electron chi connectivity index (χ1n) is 12.1. The molecule has 4 aromatic rings. The molecule has 0 spiro atoms. The summed E-state index contributed by atoms with van der Waals surface area (Å²) in [6.45, 7) is 14.0. The number of hydrogen-bond acceptors (Lipinski definition) is 2. The Balaban J connectivity index is 2.23. The van der Waals surface area contributed by atoms with E-state index in [4.69, 9.17) is 24.1 Å². The number of aryl methyl sites for hydroxylation is 6. The third kappa shape index (κ3) is 6.18. The van der Waals surface area contributed by atoms with Crippen molar-refractivity contribution in [3.8, 4) is 17.1 Å². The Bertz CT molecular complexity index is 1660. The second-order valence-electron chi connectivity index (χ2n) is 9.71. The molecule has 0 aliphatic heterocycles. The average Bonchev–Trinajstić information content (AvgIpc) is 3.05. The van der Waals surface area contributed by atoms with E-state index >= 15 is 0 Å². The molecular weight excluding hydrogens is 752 g/mol. The number of carbonyl (C=O) groups excluding carboxylic acids is 1. The van der Waals surface area contributed by atoms with Crippen LogP contribution in [-0.4, -0.2) is 19.7 Å². The summed E-state index contributed by atoms with van der Waals surface area (Å²) in [5, 5.41) is 0. The van der Waals surface area contributed by atoms with Crippen LogP contribution in [0, 0.1) is 45.6 Å². The second kappa shape index (κ2) is 11.7. The van der Waals surface area contributed by atoms with Crippen LogP contribution in [0.5, 0.6) is 5.75 Å². The van der Waals surface area contributed by atoms with Gasteiger partial charge in [-0.05, 0) is 0 Å². The predicted octanol–water partition coefficient (Wildman–Crippen LogP) is 9.41. The van der Waals surface area contributed by atoms with Gasteiger partial charge in [0.05, 0.1) is 0 Å². The van der Waals surface area contributed by atoms with E-state index in [9.17, 15) is 4.79 Å². The van der Waals surface area contributed by atoms with Crippen LogP contribution < -0.4 is 4.74 Å². The van der Waals surface area contributed by atoms with E-state index in [1.165, 1.54) is 18.1 Å². The summed E-state index contributed by atoms with van der Waals surface area (Å²) in [6, 6.07) is 15.9. The number of carbonyl (C=O) groups is 1. The molecule has 0 saturated heterocycles. The molecule has 0 aliphatic rings. The molecule has 9 heteroatoms. The first-order valence-corrected chi connectivity index (χ1v) is 20.1. The molecule has 0 bridgehead atoms. The molecule has 0 amide bonds. The van der Waals surface area contributed by atoms with E-state index < -0.39 is 11.9 Å². The third-order valence-electron chi connectivity index (χ3n) is 6.24. The van der Waals surface area contributed by atoms with Gasteiger partial charge in [0.25, 0.3) is 0 Å². The van der Waals surface area contributed by atoms with Gasteiger partial charge in [-0.1, -0.05) is 0 Å². The molecule has 1 heterocycles. The molecule has 1 aromatic heterocycles. The number of imidazole rings is 1. The van der Waals surface area contributed by atoms with Crippen molar-refractivity contribution in [3.05, 3.63) is 101 Å². The third-order valence-corrected chi connectivity index (χ3v) is 13.6. The Kier molecular flexibility index (Phi) is 9.10. The maximum absolute atomic E-state index is 11.4. The van der Waals surface area contributed by atoms with Gasteiger partial charge in [0.2, 0.25) is 0 Å². The SMILES string of the molecule is CC(=O)Oc1ccc([CH]=[Ru]([Cl])([Cl])=[c]2n(-c3c(C)cc(C)cc3C)c(Br)c(Br)n2-c2c(C)cc(C)cc2C)cc1. The number of halogens is 4. The van der Waals surface area contributed by atoms with E-state index in [-0.39, 0.29) is 5.97 Å². The number of esters is 1. The topological polar surface area (TPSA) is 36.2 Å². The fourth-order valence-electron chi connectivity index (χ4n) is 5.04. The van der Waals surface area contributed by atoms with E-state index in [2.05, 4.69) is 107 Å². The van der Waals surface area contributed by atoms with Crippen molar-refractivity contribution in [1.29, 1.82) is 0 Å². The van der Waals surface area contributed by atoms with Crippen LogP contribution in [0.1, 0.15) is 45.9 Å². The van der Waals surface area contributed by atoms with Gasteiger partial charge in [0.1, 0.15) is 0 Å². The van der Waals surface area contributed by atoms with E-state index in [1.807, 2.05) is 16.7 Å². The van der Waals surface area contributed by atoms with Crippen LogP contribution in [-0.2, 0) is 16.7 Å². The van der Waals surface area contributed by atoms with Crippen LogP contribution in [0.3, 0.4) is 0 Å². The maximum atomic E-state index is 11.4. The average molecular weight is 782 g/mol. The molecule has 0 atom stereocenters. The number of nitrogens with zero attached hydrogens (tertiary/aromatic N) is 2. The quantitative estimate of drug-likeness (QED) is 0.118. The Labute approximate surface area is 256 Å². The van der Waals surface area contributed by atoms with E-state index in [0.717, 1.165) is 52.4 Å². The van der Waals surface area contributed by atoms with Crippen molar-refractivity contribution >= 4 is 61.8 Å². The summed E-state index contributed by atoms with van der Waals surface area (Å²) in [6.07, 6.45) is 0. The number of ether oxygens (including phenoxy) is 1. The summed E-state index contributed by atoms with van der Waals surface area (Å²) in [5.74, 6) is 0.106. The van der Waals surface area contributed by atoms with Crippen molar-refractivity contribution in [3.63, 3.8) is 0 Å². The summed E-state index contributed by atoms with van der Waals surface area (Å²) in [4.78, 5) is 11.4. The van der Waals surface area contributed by atoms with Crippen LogP contribution in [0.15, 0.2) is 57.7 Å². The number of aromatic nitrogens is 2. The van der Waals surface area contributed by atoms with E-state index in [1.54, 1.807) is 12.1 Å². The molecule has 0 fully saturated rings. The zero-order valence-corrected chi connectivity index (χ0v) is 29.2. The molecular formula is C30H30Br2Cl2N2O2Ru. The minimum absolute atomic E-state index is 0.367. The van der Waals surface area contributed by atoms with E-state index in [0.29, 0.717) is 5.75 Å². The first-order chi connectivity index (χ1) is 18.2. The summed E-state index contributed by atoms with van der Waals surface area (Å²) >= 11 is 3.98. The van der Waals surface area contributed by atoms with Crippen molar-refractivity contribution in [2.24, 2.45) is 0 Å². The van der Waals surface area contributed by atoms with Crippen LogP contribution in [0.2, 0.25) is 0 Å². The van der Waals surface area contributed by atoms with Crippen molar-refractivity contribution in [2.45, 2.75) is 48.5 Å². The fourth-order valence-corrected chi connectivity index (χ4v) is 12.2. The number of hydrogen-bond donors (Lipinski definition) is 0. The van der Waals surface area contributed by atoms with Gasteiger partial charge in [-0.15, -0.1) is 0 Å². The predicted molar refractivity (Wildman–Crippen MR) is 167 cm³/mol. The molecule has 0 aliphatic carbocycles. The zero-order chi connectivity index (χ0) is 28.8. The van der Waals surface area contributed by atoms with Crippen molar-refractivity contribution in [2.75, 3.05) is 0 Å². The second-order valence-corrected chi connectivity index (χ2v) is 20.5. The van der Waals surface area contributed by atoms with Crippen LogP contribution in [0.4, 0.5) is 0 Å². The van der Waals surface area contributed by atoms with Crippen molar-refractivity contribution < 1.29 is 21.4 Å². The Morgan fingerprint density at radius 2 is 1.15 bits per heavy atom. The van der Waals surface area contributed by atoms with Gasteiger partial charge in [0.15, 0.2) is 0 Å². The van der Waals surface area contributed by atoms with Gasteiger partial charge in [-0.2, -0.15) is 0 Å². The van der Waals surface area contributed by atoms with Gasteiger partial charge in [-0.25, -0.2) is 0 Å². The summed E-state index contributed by atoms with van der Waals surface area (Å²) < 4.78 is 14.0. The molecule has 4 nitrogen and oxygen atoms in total. The number of rotatable bonds is 4. The zero-order valence-electron chi connectivity index (χ0n) is 22.8. The van der Waals surface area contributed by atoms with Gasteiger partial charge >= 0.3 is 259 Å². The summed E-state index contributed by atoms with van der Waals surface area (Å²) in [5.41, 5.74) is 9.79. The Hall–Kier alpha value is -1.63. The van der Waals surface area contributed by atoms with Crippen LogP contribution >= 0.6 is 51.2 Å². The molecule has 3 aromatic carbocycles. The minimum atomic E-state index is -3.80. The Morgan fingerprint density at radius 1 is 0.769 bits per heavy atom. The molecule has 0 saturated carbocycles. The van der Waals surface area contributed by atoms with Gasteiger partial charge < -0.3 is 0 Å². The van der Waals surface area contributed by atoms with Gasteiger partial charge in [0, 0.05) is 0 Å². The summed E-state index contributed by atoms with van der Waals surface area (Å²) in [7, 11) is 15.0. The first kappa shape index (κ1) is 30.3. The number of benzene rings is 3. The molecule has 4 rings (SSSR count). The standard InChI is InChI=1S/C21H22Br2N2.C9H8O2.2ClH.Ru/c1-12-7-14(3)18(15(4)8-12)24-11-25(21(23)20(24)22)19-16(5)9-13(2)10-17(19)6;1-7-3-5-9(6-4-7)11-8(2)10;;;/h7-10H,1-6H3;1,3-6H,2H3;2*1H;/q;;;;+2/p-2. The Morgan fingerprint density at radius 3 is 1.51 bits per heavy atom. The molecule has 0 radical (unpaired) electrons. The molecule has 208 valence electrons.